The molecule has 1 saturated heterocycles. The molecule has 2 aromatic rings. The number of carbonyl (C=O) groups is 1. The van der Waals surface area contributed by atoms with Crippen LogP contribution in [0, 0.1) is 6.92 Å². The van der Waals surface area contributed by atoms with Gasteiger partial charge in [-0.1, -0.05) is 0 Å². The van der Waals surface area contributed by atoms with Crippen molar-refractivity contribution >= 4 is 17.7 Å². The first kappa shape index (κ1) is 17.8. The van der Waals surface area contributed by atoms with Crippen LogP contribution in [-0.4, -0.2) is 63.3 Å². The van der Waals surface area contributed by atoms with Crippen molar-refractivity contribution in [3.8, 4) is 0 Å². The number of hydrogen-bond donors (Lipinski definition) is 1. The van der Waals surface area contributed by atoms with Crippen LogP contribution in [0.4, 0.5) is 11.8 Å². The summed E-state index contributed by atoms with van der Waals surface area (Å²) in [4.78, 5) is 36.9. The molecule has 0 atom stereocenters. The van der Waals surface area contributed by atoms with E-state index in [1.54, 1.807) is 11.0 Å². The molecule has 1 fully saturated rings. The molecule has 0 aromatic carbocycles. The predicted octanol–water partition coefficient (Wildman–Crippen LogP) is 0.122. The van der Waals surface area contributed by atoms with Crippen molar-refractivity contribution in [1.82, 2.24) is 24.6 Å². The zero-order valence-corrected chi connectivity index (χ0v) is 15.1. The summed E-state index contributed by atoms with van der Waals surface area (Å²) < 4.78 is 1.19. The first-order valence-corrected chi connectivity index (χ1v) is 8.71. The molecule has 0 spiro atoms. The van der Waals surface area contributed by atoms with E-state index in [4.69, 9.17) is 0 Å². The summed E-state index contributed by atoms with van der Waals surface area (Å²) in [5.41, 5.74) is 0.630. The number of aromatic nitrogens is 4. The van der Waals surface area contributed by atoms with Crippen LogP contribution in [0.2, 0.25) is 0 Å². The van der Waals surface area contributed by atoms with Crippen LogP contribution in [0.3, 0.4) is 0 Å². The fourth-order valence-corrected chi connectivity index (χ4v) is 2.87. The van der Waals surface area contributed by atoms with Gasteiger partial charge >= 0.3 is 0 Å². The molecule has 1 aliphatic rings. The lowest BCUT2D eigenvalue weighted by molar-refractivity contribution is -0.132. The minimum absolute atomic E-state index is 0.0309. The van der Waals surface area contributed by atoms with Crippen LogP contribution in [0.1, 0.15) is 12.6 Å². The van der Waals surface area contributed by atoms with Gasteiger partial charge in [-0.3, -0.25) is 9.59 Å². The Morgan fingerprint density at radius 2 is 2.00 bits per heavy atom. The quantitative estimate of drug-likeness (QED) is 0.812. The maximum atomic E-state index is 12.4. The fraction of sp³-hybridized carbons (Fsp3) is 0.471. The van der Waals surface area contributed by atoms with Gasteiger partial charge in [0.05, 0.1) is 0 Å². The average molecular weight is 357 g/mol. The van der Waals surface area contributed by atoms with Gasteiger partial charge in [-0.15, -0.1) is 0 Å². The standard InChI is InChI=1S/C17H23N7O2/c1-3-18-17-20-13(2)11-14(21-17)22-7-9-23(10-8-22)16(26)12-24-15(25)5-4-6-19-24/h4-6,11H,3,7-10,12H2,1-2H3,(H,18,20,21). The van der Waals surface area contributed by atoms with Crippen molar-refractivity contribution in [2.45, 2.75) is 20.4 Å². The second-order valence-corrected chi connectivity index (χ2v) is 6.11. The van der Waals surface area contributed by atoms with Crippen molar-refractivity contribution < 1.29 is 4.79 Å². The Morgan fingerprint density at radius 3 is 2.69 bits per heavy atom. The van der Waals surface area contributed by atoms with Crippen molar-refractivity contribution in [3.63, 3.8) is 0 Å². The minimum Gasteiger partial charge on any atom is -0.354 e. The zero-order chi connectivity index (χ0) is 18.5. The number of nitrogens with zero attached hydrogens (tertiary/aromatic N) is 6. The van der Waals surface area contributed by atoms with E-state index in [0.29, 0.717) is 32.1 Å². The SMILES string of the molecule is CCNc1nc(C)cc(N2CCN(C(=O)Cn3ncccc3=O)CC2)n1. The molecule has 1 aliphatic heterocycles. The Labute approximate surface area is 151 Å². The van der Waals surface area contributed by atoms with Crippen LogP contribution in [-0.2, 0) is 11.3 Å². The maximum absolute atomic E-state index is 12.4. The van der Waals surface area contributed by atoms with Crippen molar-refractivity contribution in [1.29, 1.82) is 0 Å². The summed E-state index contributed by atoms with van der Waals surface area (Å²) in [6, 6.07) is 4.91. The molecule has 2 aromatic heterocycles. The van der Waals surface area contributed by atoms with Gasteiger partial charge < -0.3 is 15.1 Å². The summed E-state index contributed by atoms with van der Waals surface area (Å²) in [7, 11) is 0. The van der Waals surface area contributed by atoms with Crippen molar-refractivity contribution in [2.24, 2.45) is 0 Å². The van der Waals surface area contributed by atoms with E-state index in [1.807, 2.05) is 19.9 Å². The van der Waals surface area contributed by atoms with Gasteiger partial charge in [-0.2, -0.15) is 10.1 Å². The predicted molar refractivity (Wildman–Crippen MR) is 98.2 cm³/mol. The molecule has 3 heterocycles. The average Bonchev–Trinajstić information content (AvgIpc) is 2.63. The van der Waals surface area contributed by atoms with Crippen LogP contribution in [0.25, 0.3) is 0 Å². The number of carbonyl (C=O) groups excluding carboxylic acids is 1. The second-order valence-electron chi connectivity index (χ2n) is 6.11. The highest BCUT2D eigenvalue weighted by Gasteiger charge is 2.23. The number of hydrogen-bond acceptors (Lipinski definition) is 7. The summed E-state index contributed by atoms with van der Waals surface area (Å²) in [6.45, 7) is 7.21. The second kappa shape index (κ2) is 7.94. The van der Waals surface area contributed by atoms with E-state index in [2.05, 4.69) is 25.3 Å². The van der Waals surface area contributed by atoms with E-state index >= 15 is 0 Å². The van der Waals surface area contributed by atoms with E-state index in [1.165, 1.54) is 16.9 Å². The molecule has 9 heteroatoms. The van der Waals surface area contributed by atoms with E-state index in [-0.39, 0.29) is 18.0 Å². The van der Waals surface area contributed by atoms with E-state index in [0.717, 1.165) is 18.1 Å². The number of rotatable bonds is 5. The maximum Gasteiger partial charge on any atom is 0.267 e. The minimum atomic E-state index is -0.271. The number of nitrogens with one attached hydrogen (secondary N) is 1. The topological polar surface area (TPSA) is 96.3 Å². The third-order valence-electron chi connectivity index (χ3n) is 4.20. The van der Waals surface area contributed by atoms with Crippen LogP contribution < -0.4 is 15.8 Å². The Hall–Kier alpha value is -2.97. The highest BCUT2D eigenvalue weighted by molar-refractivity contribution is 5.76. The van der Waals surface area contributed by atoms with Crippen molar-refractivity contribution in [3.05, 3.63) is 40.4 Å². The molecular formula is C17H23N7O2. The van der Waals surface area contributed by atoms with Gasteiger partial charge in [0, 0.05) is 56.7 Å². The smallest absolute Gasteiger partial charge is 0.267 e. The molecule has 138 valence electrons. The van der Waals surface area contributed by atoms with Gasteiger partial charge in [0.25, 0.3) is 5.56 Å². The highest BCUT2D eigenvalue weighted by Crippen LogP contribution is 2.17. The van der Waals surface area contributed by atoms with Gasteiger partial charge in [-0.05, 0) is 19.9 Å². The first-order chi connectivity index (χ1) is 12.6. The van der Waals surface area contributed by atoms with Crippen molar-refractivity contribution in [2.75, 3.05) is 42.9 Å². The molecule has 1 amide bonds. The van der Waals surface area contributed by atoms with Crippen LogP contribution in [0.5, 0.6) is 0 Å². The fourth-order valence-electron chi connectivity index (χ4n) is 2.87. The lowest BCUT2D eigenvalue weighted by Gasteiger charge is -2.35. The Morgan fingerprint density at radius 1 is 1.23 bits per heavy atom. The molecule has 0 unspecified atom stereocenters. The highest BCUT2D eigenvalue weighted by atomic mass is 16.2. The molecule has 26 heavy (non-hydrogen) atoms. The normalized spacial score (nSPS) is 14.4. The van der Waals surface area contributed by atoms with Gasteiger partial charge in [0.2, 0.25) is 11.9 Å². The monoisotopic (exact) mass is 357 g/mol. The molecule has 9 nitrogen and oxygen atoms in total. The van der Waals surface area contributed by atoms with Gasteiger partial charge in [0.15, 0.2) is 0 Å². The Bertz CT molecular complexity index is 828. The zero-order valence-electron chi connectivity index (χ0n) is 15.1. The molecular weight excluding hydrogens is 334 g/mol. The number of aryl methyl sites for hydroxylation is 1. The van der Waals surface area contributed by atoms with Gasteiger partial charge in [-0.25, -0.2) is 9.67 Å². The first-order valence-electron chi connectivity index (χ1n) is 8.71. The summed E-state index contributed by atoms with van der Waals surface area (Å²) in [5.74, 6) is 1.38. The molecule has 1 N–H and O–H groups in total. The van der Waals surface area contributed by atoms with E-state index < -0.39 is 0 Å². The van der Waals surface area contributed by atoms with Crippen LogP contribution in [0.15, 0.2) is 29.2 Å². The lowest BCUT2D eigenvalue weighted by Crippen LogP contribution is -2.50. The number of piperazine rings is 1. The van der Waals surface area contributed by atoms with Gasteiger partial charge in [0.1, 0.15) is 12.4 Å². The summed E-state index contributed by atoms with van der Waals surface area (Å²) >= 11 is 0. The molecule has 0 saturated carbocycles. The number of anilines is 2. The third-order valence-corrected chi connectivity index (χ3v) is 4.20. The molecule has 0 radical (unpaired) electrons. The molecule has 0 aliphatic carbocycles. The van der Waals surface area contributed by atoms with Crippen LogP contribution >= 0.6 is 0 Å². The van der Waals surface area contributed by atoms with E-state index in [9.17, 15) is 9.59 Å². The summed E-state index contributed by atoms with van der Waals surface area (Å²) in [5, 5.41) is 7.07. The molecule has 3 rings (SSSR count). The molecule has 0 bridgehead atoms. The number of amides is 1. The lowest BCUT2D eigenvalue weighted by atomic mass is 10.3. The Kier molecular flexibility index (Phi) is 5.45. The summed E-state index contributed by atoms with van der Waals surface area (Å²) in [6.07, 6.45) is 1.51. The largest absolute Gasteiger partial charge is 0.354 e. The third kappa shape index (κ3) is 4.16. The Balaban J connectivity index is 1.61.